The molecule has 2 aromatic carbocycles. The van der Waals surface area contributed by atoms with Gasteiger partial charge in [-0.15, -0.1) is 0 Å². The minimum absolute atomic E-state index is 0.0219. The molecule has 1 amide bonds. The Morgan fingerprint density at radius 2 is 1.69 bits per heavy atom. The lowest BCUT2D eigenvalue weighted by atomic mass is 9.84. The van der Waals surface area contributed by atoms with Crippen molar-refractivity contribution < 1.29 is 18.7 Å². The fourth-order valence-corrected chi connectivity index (χ4v) is 7.85. The van der Waals surface area contributed by atoms with Crippen molar-refractivity contribution in [3.05, 3.63) is 59.2 Å². The van der Waals surface area contributed by atoms with Gasteiger partial charge in [0.1, 0.15) is 11.6 Å². The van der Waals surface area contributed by atoms with Gasteiger partial charge in [0.25, 0.3) is 5.91 Å². The lowest BCUT2D eigenvalue weighted by Gasteiger charge is -2.49. The molecule has 2 N–H and O–H groups in total. The Labute approximate surface area is 229 Å². The first kappa shape index (κ1) is 25.3. The molecule has 6 nitrogen and oxygen atoms in total. The molecule has 39 heavy (non-hydrogen) atoms. The minimum atomic E-state index is -1.01. The fourth-order valence-electron chi connectivity index (χ4n) is 7.85. The average molecular weight is 537 g/mol. The predicted octanol–water partition coefficient (Wildman–Crippen LogP) is 4.96. The molecule has 208 valence electrons. The van der Waals surface area contributed by atoms with E-state index in [-0.39, 0.29) is 35.9 Å². The molecule has 0 radical (unpaired) electrons. The third-order valence-corrected chi connectivity index (χ3v) is 10.1. The summed E-state index contributed by atoms with van der Waals surface area (Å²) in [6.07, 6.45) is 8.03. The maximum absolute atomic E-state index is 15.1. The van der Waals surface area contributed by atoms with Gasteiger partial charge >= 0.3 is 0 Å². The summed E-state index contributed by atoms with van der Waals surface area (Å²) < 4.78 is 28.7. The molecule has 3 aliphatic heterocycles. The van der Waals surface area contributed by atoms with Gasteiger partial charge in [-0.25, -0.2) is 8.78 Å². The van der Waals surface area contributed by atoms with Crippen molar-refractivity contribution in [2.45, 2.75) is 82.3 Å². The third-order valence-electron chi connectivity index (χ3n) is 10.1. The second kappa shape index (κ2) is 9.44. The van der Waals surface area contributed by atoms with Crippen LogP contribution in [0.25, 0.3) is 0 Å². The molecular formula is C31H38F2N4O2. The number of piperidine rings is 1. The van der Waals surface area contributed by atoms with Crippen LogP contribution in [0.5, 0.6) is 0 Å². The normalized spacial score (nSPS) is 32.0. The molecule has 3 fully saturated rings. The predicted molar refractivity (Wildman–Crippen MR) is 147 cm³/mol. The van der Waals surface area contributed by atoms with Gasteiger partial charge in [0.05, 0.1) is 22.5 Å². The van der Waals surface area contributed by atoms with Gasteiger partial charge in [-0.3, -0.25) is 9.69 Å². The maximum Gasteiger partial charge on any atom is 0.253 e. The summed E-state index contributed by atoms with van der Waals surface area (Å²) in [6, 6.07) is 9.50. The summed E-state index contributed by atoms with van der Waals surface area (Å²) in [5.41, 5.74) is 1.82. The molecule has 0 spiro atoms. The van der Waals surface area contributed by atoms with Crippen LogP contribution in [0, 0.1) is 23.5 Å². The van der Waals surface area contributed by atoms with Crippen LogP contribution in [-0.2, 0) is 5.60 Å². The van der Waals surface area contributed by atoms with Crippen molar-refractivity contribution >= 4 is 17.3 Å². The van der Waals surface area contributed by atoms with Crippen molar-refractivity contribution in [2.75, 3.05) is 29.4 Å². The van der Waals surface area contributed by atoms with E-state index in [0.717, 1.165) is 41.6 Å². The summed E-state index contributed by atoms with van der Waals surface area (Å²) >= 11 is 0. The van der Waals surface area contributed by atoms with Crippen molar-refractivity contribution in [1.29, 1.82) is 0 Å². The van der Waals surface area contributed by atoms with E-state index in [1.54, 1.807) is 18.2 Å². The van der Waals surface area contributed by atoms with Gasteiger partial charge in [-0.1, -0.05) is 25.0 Å². The van der Waals surface area contributed by atoms with Gasteiger partial charge in [0, 0.05) is 31.7 Å². The highest BCUT2D eigenvalue weighted by Gasteiger charge is 2.50. The van der Waals surface area contributed by atoms with Crippen molar-refractivity contribution in [3.8, 4) is 0 Å². The largest absolute Gasteiger partial charge is 0.385 e. The van der Waals surface area contributed by atoms with Gasteiger partial charge in [-0.05, 0) is 87.1 Å². The molecule has 7 rings (SSSR count). The number of nitrogens with one attached hydrogen (secondary N) is 1. The Morgan fingerprint density at radius 1 is 0.949 bits per heavy atom. The molecule has 5 atom stereocenters. The van der Waals surface area contributed by atoms with E-state index in [1.807, 2.05) is 0 Å². The van der Waals surface area contributed by atoms with Crippen LogP contribution in [0.15, 0.2) is 36.4 Å². The zero-order valence-corrected chi connectivity index (χ0v) is 22.6. The standard InChI is InChI=1S/C31H38F2N4O2/c1-19-18-34-29(38)26-16-24(33)17-27-28(26)36(19)30(37(27)25-4-2-3-20-15-21(20)5-10-25)35-13-11-31(39,12-14-35)22-6-8-23(32)9-7-22/h6-9,16-17,19-21,25,30,39H,2-5,10-15,18H2,1H3,(H,34,38)/t19-,20?,21?,25?,30?/m0/s1. The molecule has 4 unspecified atom stereocenters. The Hall–Kier alpha value is -2.71. The topological polar surface area (TPSA) is 59.1 Å². The second-order valence-electron chi connectivity index (χ2n) is 12.5. The highest BCUT2D eigenvalue weighted by Crippen LogP contribution is 2.52. The number of aliphatic hydroxyl groups is 1. The molecule has 0 bridgehead atoms. The number of likely N-dealkylation sites (tertiary alicyclic amines) is 1. The van der Waals surface area contributed by atoms with Crippen LogP contribution in [0.1, 0.15) is 74.2 Å². The minimum Gasteiger partial charge on any atom is -0.385 e. The summed E-state index contributed by atoms with van der Waals surface area (Å²) in [6.45, 7) is 3.90. The SMILES string of the molecule is C[C@H]1CNC(=O)c2cc(F)cc3c2N1C(N1CCC(O)(c2ccc(F)cc2)CC1)N3C1CCCC2CC2CC1. The Morgan fingerprint density at radius 3 is 2.46 bits per heavy atom. The molecule has 5 aliphatic rings. The number of rotatable bonds is 3. The van der Waals surface area contributed by atoms with Crippen molar-refractivity contribution in [3.63, 3.8) is 0 Å². The maximum atomic E-state index is 15.1. The zero-order valence-electron chi connectivity index (χ0n) is 22.6. The number of benzene rings is 2. The summed E-state index contributed by atoms with van der Waals surface area (Å²) in [5, 5.41) is 14.6. The summed E-state index contributed by atoms with van der Waals surface area (Å²) in [5.74, 6) is 0.822. The van der Waals surface area contributed by atoms with Crippen LogP contribution < -0.4 is 15.1 Å². The average Bonchev–Trinajstić information content (AvgIpc) is 3.58. The van der Waals surface area contributed by atoms with E-state index >= 15 is 4.39 Å². The number of hydrogen-bond acceptors (Lipinski definition) is 5. The van der Waals surface area contributed by atoms with Gasteiger partial charge < -0.3 is 20.2 Å². The Bertz CT molecular complexity index is 1260. The second-order valence-corrected chi connectivity index (χ2v) is 12.5. The van der Waals surface area contributed by atoms with Crippen LogP contribution in [0.4, 0.5) is 20.2 Å². The van der Waals surface area contributed by atoms with Crippen molar-refractivity contribution in [1.82, 2.24) is 10.2 Å². The molecule has 2 aliphatic carbocycles. The monoisotopic (exact) mass is 536 g/mol. The first-order valence-corrected chi connectivity index (χ1v) is 14.7. The van der Waals surface area contributed by atoms with Crippen LogP contribution >= 0.6 is 0 Å². The number of halogens is 2. The van der Waals surface area contributed by atoms with E-state index in [0.29, 0.717) is 38.0 Å². The smallest absolute Gasteiger partial charge is 0.253 e. The number of carbonyl (C=O) groups excluding carboxylic acids is 1. The first-order chi connectivity index (χ1) is 18.8. The molecule has 2 aromatic rings. The van der Waals surface area contributed by atoms with Gasteiger partial charge in [-0.2, -0.15) is 0 Å². The van der Waals surface area contributed by atoms with E-state index in [9.17, 15) is 14.3 Å². The fraction of sp³-hybridized carbons (Fsp3) is 0.581. The number of carbonyl (C=O) groups is 1. The number of amides is 1. The summed E-state index contributed by atoms with van der Waals surface area (Å²) in [4.78, 5) is 20.3. The lowest BCUT2D eigenvalue weighted by molar-refractivity contribution is -0.0370. The van der Waals surface area contributed by atoms with E-state index < -0.39 is 5.60 Å². The molecule has 1 saturated heterocycles. The number of anilines is 2. The lowest BCUT2D eigenvalue weighted by Crippen LogP contribution is -2.63. The van der Waals surface area contributed by atoms with Crippen molar-refractivity contribution in [2.24, 2.45) is 11.8 Å². The molecule has 2 saturated carbocycles. The zero-order chi connectivity index (χ0) is 26.9. The number of hydrogen-bond donors (Lipinski definition) is 2. The van der Waals surface area contributed by atoms with E-state index in [2.05, 4.69) is 26.9 Å². The molecular weight excluding hydrogens is 498 g/mol. The van der Waals surface area contributed by atoms with E-state index in [1.165, 1.54) is 43.9 Å². The third kappa shape index (κ3) is 4.31. The van der Waals surface area contributed by atoms with E-state index in [4.69, 9.17) is 0 Å². The summed E-state index contributed by atoms with van der Waals surface area (Å²) in [7, 11) is 0. The Balaban J connectivity index is 1.26. The highest BCUT2D eigenvalue weighted by molar-refractivity contribution is 6.05. The first-order valence-electron chi connectivity index (χ1n) is 14.7. The Kier molecular flexibility index (Phi) is 6.12. The van der Waals surface area contributed by atoms with Crippen LogP contribution in [-0.4, -0.2) is 53.9 Å². The molecule has 8 heteroatoms. The number of fused-ring (bicyclic) bond motifs is 1. The van der Waals surface area contributed by atoms with Gasteiger partial charge in [0.2, 0.25) is 0 Å². The molecule has 0 aromatic heterocycles. The van der Waals surface area contributed by atoms with Gasteiger partial charge in [0.15, 0.2) is 6.29 Å². The number of nitrogens with zero attached hydrogens (tertiary/aromatic N) is 3. The molecule has 3 heterocycles. The van der Waals surface area contributed by atoms with Crippen LogP contribution in [0.3, 0.4) is 0 Å². The quantitative estimate of drug-likeness (QED) is 0.581. The highest BCUT2D eigenvalue weighted by atomic mass is 19.1. The van der Waals surface area contributed by atoms with Crippen LogP contribution in [0.2, 0.25) is 0 Å².